The lowest BCUT2D eigenvalue weighted by molar-refractivity contribution is 0.111. The Morgan fingerprint density at radius 3 is 2.22 bits per heavy atom. The van der Waals surface area contributed by atoms with Crippen LogP contribution in [0.3, 0.4) is 0 Å². The van der Waals surface area contributed by atoms with Crippen LogP contribution >= 0.6 is 12.2 Å². The molecule has 0 aliphatic heterocycles. The predicted octanol–water partition coefficient (Wildman–Crippen LogP) is 5.89. The molecule has 146 valence electrons. The molecule has 0 aliphatic carbocycles. The predicted molar refractivity (Wildman–Crippen MR) is 122 cm³/mol. The van der Waals surface area contributed by atoms with Crippen molar-refractivity contribution >= 4 is 28.0 Å². The number of hydrogen-bond acceptors (Lipinski definition) is 2. The highest BCUT2D eigenvalue weighted by molar-refractivity contribution is 7.80. The monoisotopic (exact) mass is 383 g/mol. The first-order valence-electron chi connectivity index (χ1n) is 9.75. The average Bonchev–Trinajstić information content (AvgIpc) is 2.52. The maximum Gasteiger partial charge on any atom is 0.110 e. The third-order valence-corrected chi connectivity index (χ3v) is 5.14. The summed E-state index contributed by atoms with van der Waals surface area (Å²) in [5, 5.41) is 13.3. The van der Waals surface area contributed by atoms with Gasteiger partial charge in [0.05, 0.1) is 5.60 Å². The maximum atomic E-state index is 10.9. The van der Waals surface area contributed by atoms with Gasteiger partial charge in [-0.3, -0.25) is 0 Å². The minimum Gasteiger partial charge on any atom is -0.386 e. The smallest absolute Gasteiger partial charge is 0.110 e. The van der Waals surface area contributed by atoms with E-state index in [4.69, 9.17) is 12.2 Å². The Bertz CT molecular complexity index is 837. The summed E-state index contributed by atoms with van der Waals surface area (Å²) in [6.45, 7) is 14.6. The van der Waals surface area contributed by atoms with Crippen LogP contribution in [0.1, 0.15) is 59.6 Å². The third-order valence-electron chi connectivity index (χ3n) is 4.72. The quantitative estimate of drug-likeness (QED) is 0.497. The number of fused-ring (bicyclic) bond motifs is 1. The van der Waals surface area contributed by atoms with Crippen LogP contribution in [0.2, 0.25) is 0 Å². The normalized spacial score (nSPS) is 13.7. The number of nitrogens with zero attached hydrogens (tertiary/aromatic N) is 1. The second-order valence-corrected chi connectivity index (χ2v) is 8.86. The average molecular weight is 384 g/mol. The number of thiocarbonyl (C=S) groups is 1. The largest absolute Gasteiger partial charge is 0.386 e. The molecular weight excluding hydrogens is 350 g/mol. The highest BCUT2D eigenvalue weighted by Crippen LogP contribution is 2.29. The van der Waals surface area contributed by atoms with Crippen LogP contribution < -0.4 is 0 Å². The van der Waals surface area contributed by atoms with Gasteiger partial charge in [-0.05, 0) is 64.8 Å². The number of rotatable bonds is 6. The zero-order valence-electron chi connectivity index (χ0n) is 17.7. The fourth-order valence-corrected chi connectivity index (χ4v) is 4.63. The van der Waals surface area contributed by atoms with Gasteiger partial charge in [-0.1, -0.05) is 60.3 Å². The van der Waals surface area contributed by atoms with E-state index in [2.05, 4.69) is 69.0 Å². The van der Waals surface area contributed by atoms with Crippen LogP contribution in [0.5, 0.6) is 0 Å². The molecule has 2 aromatic carbocycles. The Kier molecular flexibility index (Phi) is 6.82. The number of hydrogen-bond donors (Lipinski definition) is 1. The minimum absolute atomic E-state index is 0.308. The van der Waals surface area contributed by atoms with Crippen molar-refractivity contribution in [3.63, 3.8) is 0 Å². The lowest BCUT2D eigenvalue weighted by Gasteiger charge is -2.35. The second kappa shape index (κ2) is 8.53. The number of aliphatic hydroxyl groups is 1. The van der Waals surface area contributed by atoms with Gasteiger partial charge in [0, 0.05) is 24.1 Å². The van der Waals surface area contributed by atoms with Gasteiger partial charge in [0.15, 0.2) is 0 Å². The Labute approximate surface area is 169 Å². The SMILES string of the molecule is CC(C)=CC(C)(O)Cc1ccc2ccccc2c1C(=S)N(C(C)C)C(C)C. The first-order chi connectivity index (χ1) is 12.5. The molecule has 0 saturated heterocycles. The summed E-state index contributed by atoms with van der Waals surface area (Å²) in [7, 11) is 0. The van der Waals surface area contributed by atoms with Crippen molar-refractivity contribution in [2.75, 3.05) is 0 Å². The Balaban J connectivity index is 2.67. The molecule has 0 aromatic heterocycles. The van der Waals surface area contributed by atoms with Crippen LogP contribution in [0.25, 0.3) is 10.8 Å². The first-order valence-corrected chi connectivity index (χ1v) is 10.2. The van der Waals surface area contributed by atoms with E-state index in [0.29, 0.717) is 18.5 Å². The summed E-state index contributed by atoms with van der Waals surface area (Å²) in [6, 6.07) is 13.2. The standard InChI is InChI=1S/C24H33NOS/c1-16(2)14-24(7,26)15-20-13-12-19-10-8-9-11-21(19)22(20)23(27)25(17(3)4)18(5)6/h8-14,17-18,26H,15H2,1-7H3. The van der Waals surface area contributed by atoms with E-state index < -0.39 is 5.60 Å². The van der Waals surface area contributed by atoms with Gasteiger partial charge in [0.2, 0.25) is 0 Å². The van der Waals surface area contributed by atoms with E-state index >= 15 is 0 Å². The Morgan fingerprint density at radius 2 is 1.67 bits per heavy atom. The molecule has 1 atom stereocenters. The molecule has 2 aromatic rings. The van der Waals surface area contributed by atoms with Crippen molar-refractivity contribution in [1.29, 1.82) is 0 Å². The van der Waals surface area contributed by atoms with Gasteiger partial charge in [-0.15, -0.1) is 0 Å². The lowest BCUT2D eigenvalue weighted by atomic mass is 9.88. The molecule has 2 rings (SSSR count). The van der Waals surface area contributed by atoms with Gasteiger partial charge in [-0.25, -0.2) is 0 Å². The highest BCUT2D eigenvalue weighted by Gasteiger charge is 2.26. The van der Waals surface area contributed by atoms with Crippen molar-refractivity contribution in [3.05, 3.63) is 59.2 Å². The van der Waals surface area contributed by atoms with Crippen LogP contribution in [-0.4, -0.2) is 32.7 Å². The van der Waals surface area contributed by atoms with Crippen LogP contribution in [-0.2, 0) is 6.42 Å². The van der Waals surface area contributed by atoms with E-state index in [1.165, 1.54) is 5.39 Å². The van der Waals surface area contributed by atoms with Crippen molar-refractivity contribution < 1.29 is 5.11 Å². The van der Waals surface area contributed by atoms with Gasteiger partial charge in [0.25, 0.3) is 0 Å². The van der Waals surface area contributed by atoms with E-state index in [0.717, 1.165) is 27.1 Å². The molecule has 0 spiro atoms. The summed E-state index contributed by atoms with van der Waals surface area (Å²) >= 11 is 6.02. The summed E-state index contributed by atoms with van der Waals surface area (Å²) < 4.78 is 0. The lowest BCUT2D eigenvalue weighted by Crippen LogP contribution is -2.42. The zero-order chi connectivity index (χ0) is 20.4. The molecular formula is C24H33NOS. The number of benzene rings is 2. The Morgan fingerprint density at radius 1 is 1.07 bits per heavy atom. The summed E-state index contributed by atoms with van der Waals surface area (Å²) in [4.78, 5) is 3.15. The van der Waals surface area contributed by atoms with Crippen molar-refractivity contribution in [3.8, 4) is 0 Å². The van der Waals surface area contributed by atoms with E-state index in [1.807, 2.05) is 26.8 Å². The minimum atomic E-state index is -0.911. The van der Waals surface area contributed by atoms with E-state index in [1.54, 1.807) is 0 Å². The number of allylic oxidation sites excluding steroid dienone is 1. The van der Waals surface area contributed by atoms with Crippen molar-refractivity contribution in [2.45, 2.75) is 72.6 Å². The zero-order valence-corrected chi connectivity index (χ0v) is 18.5. The van der Waals surface area contributed by atoms with Crippen molar-refractivity contribution in [1.82, 2.24) is 4.90 Å². The molecule has 0 aliphatic rings. The molecule has 0 bridgehead atoms. The maximum absolute atomic E-state index is 10.9. The topological polar surface area (TPSA) is 23.5 Å². The fourth-order valence-electron chi connectivity index (χ4n) is 3.97. The molecule has 0 amide bonds. The van der Waals surface area contributed by atoms with Crippen molar-refractivity contribution in [2.24, 2.45) is 0 Å². The summed E-state index contributed by atoms with van der Waals surface area (Å²) in [6.07, 6.45) is 2.46. The van der Waals surface area contributed by atoms with Crippen LogP contribution in [0.4, 0.5) is 0 Å². The van der Waals surface area contributed by atoms with Crippen LogP contribution in [0.15, 0.2) is 48.0 Å². The fraction of sp³-hybridized carbons (Fsp3) is 0.458. The molecule has 3 heteroatoms. The van der Waals surface area contributed by atoms with Crippen LogP contribution in [0, 0.1) is 0 Å². The molecule has 0 saturated carbocycles. The van der Waals surface area contributed by atoms with E-state index in [-0.39, 0.29) is 0 Å². The highest BCUT2D eigenvalue weighted by atomic mass is 32.1. The van der Waals surface area contributed by atoms with Gasteiger partial charge < -0.3 is 10.0 Å². The molecule has 2 nitrogen and oxygen atoms in total. The van der Waals surface area contributed by atoms with Gasteiger partial charge >= 0.3 is 0 Å². The molecule has 1 N–H and O–H groups in total. The Hall–Kier alpha value is -1.71. The molecule has 1 unspecified atom stereocenters. The third kappa shape index (κ3) is 5.18. The molecule has 0 fully saturated rings. The van der Waals surface area contributed by atoms with Gasteiger partial charge in [0.1, 0.15) is 4.99 Å². The first kappa shape index (κ1) is 21.6. The summed E-state index contributed by atoms with van der Waals surface area (Å²) in [5.41, 5.74) is 2.36. The van der Waals surface area contributed by atoms with E-state index in [9.17, 15) is 5.11 Å². The molecule has 27 heavy (non-hydrogen) atoms. The molecule has 0 radical (unpaired) electrons. The molecule has 0 heterocycles. The van der Waals surface area contributed by atoms with Gasteiger partial charge in [-0.2, -0.15) is 0 Å². The summed E-state index contributed by atoms with van der Waals surface area (Å²) in [5.74, 6) is 0. The second-order valence-electron chi connectivity index (χ2n) is 8.48.